The second-order valence-corrected chi connectivity index (χ2v) is 13.6. The van der Waals surface area contributed by atoms with E-state index in [0.29, 0.717) is 0 Å². The van der Waals surface area contributed by atoms with Crippen molar-refractivity contribution in [3.63, 3.8) is 0 Å². The topological polar surface area (TPSA) is 355 Å². The number of nitrogens with zero attached hydrogens (tertiary/aromatic N) is 4. The Hall–Kier alpha value is -1.52. The number of phosphoric acid groups is 3. The highest BCUT2D eigenvalue weighted by molar-refractivity contribution is 7.66. The van der Waals surface area contributed by atoms with Gasteiger partial charge in [0.05, 0.1) is 12.9 Å². The number of nitrogens with one attached hydrogen (secondary N) is 2. The number of aromatic nitrogens is 4. The lowest BCUT2D eigenvalue weighted by Gasteiger charge is -2.19. The molecule has 2 unspecified atom stereocenters. The molecular weight excluding hydrogens is 655 g/mol. The second kappa shape index (κ2) is 18.0. The van der Waals surface area contributed by atoms with Crippen molar-refractivity contribution >= 4 is 40.4 Å². The molecule has 1 saturated heterocycles. The first-order valence-electron chi connectivity index (χ1n) is 13.2. The molecule has 3 heterocycles. The number of imidazole rings is 1. The molecule has 2 aromatic heterocycles. The fourth-order valence-corrected chi connectivity index (χ4v) is 6.70. The number of phosphoric ester groups is 1. The lowest BCUT2D eigenvalue weighted by atomic mass is 10.1. The molecule has 6 atom stereocenters. The van der Waals surface area contributed by atoms with Crippen LogP contribution in [0.4, 0.5) is 5.82 Å². The Labute approximate surface area is 251 Å². The van der Waals surface area contributed by atoms with Gasteiger partial charge in [-0.25, -0.2) is 28.6 Å². The highest BCUT2D eigenvalue weighted by atomic mass is 31.3. The number of nitrogen functional groups attached to an aromatic ring is 1. The van der Waals surface area contributed by atoms with Crippen LogP contribution >= 0.6 is 23.5 Å². The molecule has 25 heteroatoms. The Morgan fingerprint density at radius 2 is 1.45 bits per heavy atom. The van der Waals surface area contributed by atoms with Crippen LogP contribution < -0.4 is 27.8 Å². The van der Waals surface area contributed by atoms with Gasteiger partial charge in [-0.3, -0.25) is 9.09 Å². The minimum Gasteiger partial charge on any atom is -0.387 e. The van der Waals surface area contributed by atoms with Crippen molar-refractivity contribution < 1.29 is 61.4 Å². The summed E-state index contributed by atoms with van der Waals surface area (Å²) in [5.74, 6) is 0.0426. The summed E-state index contributed by atoms with van der Waals surface area (Å²) in [7, 11) is -16.7. The molecule has 0 radical (unpaired) electrons. The van der Waals surface area contributed by atoms with Gasteiger partial charge in [0.2, 0.25) is 0 Å². The molecule has 1 aliphatic rings. The number of ether oxygens (including phenoxy) is 1. The summed E-state index contributed by atoms with van der Waals surface area (Å²) >= 11 is 0. The predicted octanol–water partition coefficient (Wildman–Crippen LogP) is -2.38. The van der Waals surface area contributed by atoms with Crippen LogP contribution in [0.1, 0.15) is 25.5 Å². The van der Waals surface area contributed by atoms with Gasteiger partial charge >= 0.3 is 23.5 Å². The van der Waals surface area contributed by atoms with Gasteiger partial charge in [-0.15, -0.1) is 0 Å². The van der Waals surface area contributed by atoms with Gasteiger partial charge in [0.15, 0.2) is 17.7 Å². The van der Waals surface area contributed by atoms with Gasteiger partial charge in [0, 0.05) is 0 Å². The minimum atomic E-state index is -5.70. The average molecular weight is 696 g/mol. The number of hydrogen-bond acceptors (Lipinski definition) is 17. The van der Waals surface area contributed by atoms with Crippen molar-refractivity contribution in [1.82, 2.24) is 30.2 Å². The summed E-state index contributed by atoms with van der Waals surface area (Å²) in [6.07, 6.45) is -0.375. The largest absolute Gasteiger partial charge is 0.490 e. The first-order chi connectivity index (χ1) is 20.6. The highest BCUT2D eigenvalue weighted by Gasteiger charge is 2.47. The molecule has 14 N–H and O–H groups in total. The van der Waals surface area contributed by atoms with Crippen molar-refractivity contribution in [3.05, 3.63) is 12.7 Å². The summed E-state index contributed by atoms with van der Waals surface area (Å²) in [5, 5.41) is 27.1. The number of hydrogen-bond donors (Lipinski definition) is 11. The SMILES string of the molecule is NCCCNCCCNCCCN.Nc1ncnc2c1ncn2[C@@H]1O[C@H](COP(=O)(O)OP(=O)(O)OP(=O)(O)O)[C@@H](O)[C@H]1O. The standard InChI is InChI=1S/C10H16N5O13P3.C9H24N4/c11-8-5-9(13-2-12-8)15(3-14-5)10-7(17)6(16)4(26-10)1-25-30(21,22)28-31(23,24)27-29(18,19)20;10-4-1-6-12-8-3-9-13-7-2-5-11/h2-4,6-7,10,16-17H,1H2,(H,21,22)(H,23,24)(H2,11,12,13)(H2,18,19,20);12-13H,1-11H2/t4-,6-,7-,10-;/m1./s1. The smallest absolute Gasteiger partial charge is 0.387 e. The third kappa shape index (κ3) is 13.1. The van der Waals surface area contributed by atoms with Gasteiger partial charge in [-0.2, -0.15) is 8.62 Å². The van der Waals surface area contributed by atoms with Crippen LogP contribution in [0.15, 0.2) is 12.7 Å². The summed E-state index contributed by atoms with van der Waals surface area (Å²) in [6.45, 7) is 4.84. The van der Waals surface area contributed by atoms with Gasteiger partial charge in [-0.05, 0) is 58.5 Å². The Balaban J connectivity index is 0.000000439. The molecule has 0 aliphatic carbocycles. The maximum absolute atomic E-state index is 11.8. The lowest BCUT2D eigenvalue weighted by molar-refractivity contribution is -0.0503. The van der Waals surface area contributed by atoms with Crippen LogP contribution in [0.2, 0.25) is 0 Å². The fraction of sp³-hybridized carbons (Fsp3) is 0.737. The molecule has 3 rings (SSSR count). The van der Waals surface area contributed by atoms with Crippen LogP contribution in [0.3, 0.4) is 0 Å². The van der Waals surface area contributed by atoms with E-state index in [1.807, 2.05) is 0 Å². The molecule has 22 nitrogen and oxygen atoms in total. The van der Waals surface area contributed by atoms with Crippen LogP contribution in [0, 0.1) is 0 Å². The molecule has 2 aromatic rings. The van der Waals surface area contributed by atoms with Crippen molar-refractivity contribution in [2.75, 3.05) is 51.6 Å². The minimum absolute atomic E-state index is 0.0426. The Morgan fingerprint density at radius 3 is 2.02 bits per heavy atom. The Kier molecular flexibility index (Phi) is 15.8. The van der Waals surface area contributed by atoms with Crippen LogP contribution in [0.5, 0.6) is 0 Å². The van der Waals surface area contributed by atoms with E-state index in [-0.39, 0.29) is 17.0 Å². The van der Waals surface area contributed by atoms with E-state index in [9.17, 15) is 28.8 Å². The maximum atomic E-state index is 11.8. The Morgan fingerprint density at radius 1 is 0.864 bits per heavy atom. The molecule has 1 aliphatic heterocycles. The fourth-order valence-electron chi connectivity index (χ4n) is 3.67. The molecular formula is C19H40N9O13P3. The summed E-state index contributed by atoms with van der Waals surface area (Å²) in [6, 6.07) is 0. The zero-order chi connectivity index (χ0) is 33.0. The van der Waals surface area contributed by atoms with Crippen LogP contribution in [-0.2, 0) is 31.6 Å². The molecule has 0 bridgehead atoms. The summed E-state index contributed by atoms with van der Waals surface area (Å²) < 4.78 is 51.9. The quantitative estimate of drug-likeness (QED) is 0.0573. The third-order valence-electron chi connectivity index (χ3n) is 5.64. The van der Waals surface area contributed by atoms with Crippen molar-refractivity contribution in [1.29, 1.82) is 0 Å². The molecule has 0 amide bonds. The molecule has 0 aromatic carbocycles. The van der Waals surface area contributed by atoms with E-state index in [1.54, 1.807) is 0 Å². The van der Waals surface area contributed by atoms with Gasteiger partial charge in [0.1, 0.15) is 30.2 Å². The van der Waals surface area contributed by atoms with Crippen LogP contribution in [-0.4, -0.2) is 113 Å². The number of anilines is 1. The van der Waals surface area contributed by atoms with Crippen molar-refractivity contribution in [2.24, 2.45) is 11.5 Å². The number of aliphatic hydroxyl groups is 2. The van der Waals surface area contributed by atoms with Crippen LogP contribution in [0.25, 0.3) is 11.2 Å². The van der Waals surface area contributed by atoms with Gasteiger partial charge < -0.3 is 62.4 Å². The highest BCUT2D eigenvalue weighted by Crippen LogP contribution is 2.66. The average Bonchev–Trinajstić information content (AvgIpc) is 3.46. The number of nitrogens with two attached hydrogens (primary N) is 3. The molecule has 44 heavy (non-hydrogen) atoms. The first kappa shape index (κ1) is 38.7. The van der Waals surface area contributed by atoms with E-state index >= 15 is 0 Å². The zero-order valence-corrected chi connectivity index (χ0v) is 26.1. The van der Waals surface area contributed by atoms with Crippen molar-refractivity contribution in [2.45, 2.75) is 43.8 Å². The zero-order valence-electron chi connectivity index (χ0n) is 23.4. The first-order valence-corrected chi connectivity index (χ1v) is 17.7. The number of aliphatic hydroxyl groups excluding tert-OH is 2. The van der Waals surface area contributed by atoms with Gasteiger partial charge in [-0.1, -0.05) is 0 Å². The monoisotopic (exact) mass is 695 g/mol. The van der Waals surface area contributed by atoms with E-state index in [0.717, 1.165) is 58.4 Å². The molecule has 1 fully saturated rings. The maximum Gasteiger partial charge on any atom is 0.490 e. The number of rotatable bonds is 18. The van der Waals surface area contributed by atoms with Crippen molar-refractivity contribution in [3.8, 4) is 0 Å². The predicted molar refractivity (Wildman–Crippen MR) is 153 cm³/mol. The van der Waals surface area contributed by atoms with E-state index in [2.05, 4.69) is 38.7 Å². The molecule has 0 spiro atoms. The van der Waals surface area contributed by atoms with E-state index in [1.165, 1.54) is 17.3 Å². The lowest BCUT2D eigenvalue weighted by Crippen LogP contribution is -2.33. The summed E-state index contributed by atoms with van der Waals surface area (Å²) in [4.78, 5) is 47.2. The van der Waals surface area contributed by atoms with E-state index in [4.69, 9.17) is 36.6 Å². The molecule has 254 valence electrons. The van der Waals surface area contributed by atoms with Gasteiger partial charge in [0.25, 0.3) is 0 Å². The summed E-state index contributed by atoms with van der Waals surface area (Å²) in [5.41, 5.74) is 16.7. The number of fused-ring (bicyclic) bond motifs is 1. The normalized spacial score (nSPS) is 23.2. The third-order valence-corrected chi connectivity index (χ3v) is 9.44. The molecule has 0 saturated carbocycles. The Bertz CT molecular complexity index is 1290. The van der Waals surface area contributed by atoms with E-state index < -0.39 is 54.6 Å². The second-order valence-electron chi connectivity index (χ2n) is 9.15.